The van der Waals surface area contributed by atoms with Crippen LogP contribution < -0.4 is 5.73 Å². The van der Waals surface area contributed by atoms with Crippen LogP contribution in [0.3, 0.4) is 0 Å². The SMILES string of the molecule is CC(C)N(C)CC(=O)N1CCC(CC(N)=O)CC1. The third-order valence-corrected chi connectivity index (χ3v) is 3.72. The standard InChI is InChI=1S/C13H25N3O2/c1-10(2)15(3)9-13(18)16-6-4-11(5-7-16)8-12(14)17/h10-11H,4-9H2,1-3H3,(H2,14,17). The summed E-state index contributed by atoms with van der Waals surface area (Å²) in [5.74, 6) is 0.303. The quantitative estimate of drug-likeness (QED) is 0.775. The Morgan fingerprint density at radius 3 is 2.33 bits per heavy atom. The van der Waals surface area contributed by atoms with Crippen LogP contribution in [0.2, 0.25) is 0 Å². The van der Waals surface area contributed by atoms with Gasteiger partial charge < -0.3 is 10.6 Å². The van der Waals surface area contributed by atoms with Crippen molar-refractivity contribution in [2.45, 2.75) is 39.2 Å². The zero-order chi connectivity index (χ0) is 13.7. The van der Waals surface area contributed by atoms with Crippen molar-refractivity contribution in [3.8, 4) is 0 Å². The first kappa shape index (κ1) is 15.0. The molecular formula is C13H25N3O2. The number of rotatable bonds is 5. The number of likely N-dealkylation sites (tertiary alicyclic amines) is 1. The molecule has 18 heavy (non-hydrogen) atoms. The zero-order valence-corrected chi connectivity index (χ0v) is 11.7. The highest BCUT2D eigenvalue weighted by atomic mass is 16.2. The lowest BCUT2D eigenvalue weighted by Crippen LogP contribution is -2.45. The summed E-state index contributed by atoms with van der Waals surface area (Å²) in [6.07, 6.45) is 2.23. The van der Waals surface area contributed by atoms with Crippen molar-refractivity contribution >= 4 is 11.8 Å². The molecule has 1 fully saturated rings. The first-order valence-corrected chi connectivity index (χ1v) is 6.66. The topological polar surface area (TPSA) is 66.6 Å². The molecule has 104 valence electrons. The molecule has 0 aromatic rings. The average Bonchev–Trinajstić information content (AvgIpc) is 2.28. The summed E-state index contributed by atoms with van der Waals surface area (Å²) in [5, 5.41) is 0. The summed E-state index contributed by atoms with van der Waals surface area (Å²) >= 11 is 0. The van der Waals surface area contributed by atoms with Crippen molar-refractivity contribution in [3.05, 3.63) is 0 Å². The summed E-state index contributed by atoms with van der Waals surface area (Å²) in [7, 11) is 1.96. The fourth-order valence-electron chi connectivity index (χ4n) is 2.17. The third-order valence-electron chi connectivity index (χ3n) is 3.72. The second-order valence-electron chi connectivity index (χ2n) is 5.50. The Morgan fingerprint density at radius 1 is 1.33 bits per heavy atom. The van der Waals surface area contributed by atoms with Gasteiger partial charge in [0.25, 0.3) is 0 Å². The van der Waals surface area contributed by atoms with Crippen molar-refractivity contribution in [2.24, 2.45) is 11.7 Å². The Hall–Kier alpha value is -1.10. The van der Waals surface area contributed by atoms with Crippen LogP contribution in [0.5, 0.6) is 0 Å². The van der Waals surface area contributed by atoms with Crippen molar-refractivity contribution in [1.82, 2.24) is 9.80 Å². The number of hydrogen-bond acceptors (Lipinski definition) is 3. The number of primary amides is 1. The molecule has 0 spiro atoms. The van der Waals surface area contributed by atoms with Crippen LogP contribution >= 0.6 is 0 Å². The molecule has 0 aromatic carbocycles. The molecule has 1 aliphatic heterocycles. The predicted molar refractivity (Wildman–Crippen MR) is 70.9 cm³/mol. The number of piperidine rings is 1. The molecule has 0 saturated carbocycles. The van der Waals surface area contributed by atoms with E-state index >= 15 is 0 Å². The Balaban J connectivity index is 2.34. The molecule has 1 aliphatic rings. The van der Waals surface area contributed by atoms with Gasteiger partial charge in [-0.2, -0.15) is 0 Å². The lowest BCUT2D eigenvalue weighted by atomic mass is 9.93. The van der Waals surface area contributed by atoms with Gasteiger partial charge >= 0.3 is 0 Å². The number of nitrogens with zero attached hydrogens (tertiary/aromatic N) is 2. The van der Waals surface area contributed by atoms with E-state index < -0.39 is 0 Å². The number of carbonyl (C=O) groups is 2. The summed E-state index contributed by atoms with van der Waals surface area (Å²) in [6.45, 7) is 6.13. The van der Waals surface area contributed by atoms with E-state index in [0.717, 1.165) is 25.9 Å². The Morgan fingerprint density at radius 2 is 1.89 bits per heavy atom. The van der Waals surface area contributed by atoms with Crippen molar-refractivity contribution in [3.63, 3.8) is 0 Å². The van der Waals surface area contributed by atoms with Crippen LogP contribution in [0.15, 0.2) is 0 Å². The molecule has 2 amide bonds. The van der Waals surface area contributed by atoms with Crippen LogP contribution in [0, 0.1) is 5.92 Å². The van der Waals surface area contributed by atoms with Gasteiger partial charge in [0.05, 0.1) is 6.54 Å². The fourth-order valence-corrected chi connectivity index (χ4v) is 2.17. The molecule has 5 nitrogen and oxygen atoms in total. The smallest absolute Gasteiger partial charge is 0.236 e. The maximum absolute atomic E-state index is 12.0. The van der Waals surface area contributed by atoms with Gasteiger partial charge in [0, 0.05) is 25.6 Å². The van der Waals surface area contributed by atoms with Crippen LogP contribution in [-0.4, -0.2) is 54.3 Å². The molecule has 2 N–H and O–H groups in total. The molecule has 1 heterocycles. The second kappa shape index (κ2) is 6.73. The zero-order valence-electron chi connectivity index (χ0n) is 11.7. The molecule has 5 heteroatoms. The van der Waals surface area contributed by atoms with E-state index in [0.29, 0.717) is 24.9 Å². The normalized spacial score (nSPS) is 17.5. The van der Waals surface area contributed by atoms with Gasteiger partial charge in [-0.1, -0.05) is 0 Å². The second-order valence-corrected chi connectivity index (χ2v) is 5.50. The van der Waals surface area contributed by atoms with Crippen LogP contribution in [0.25, 0.3) is 0 Å². The molecular weight excluding hydrogens is 230 g/mol. The van der Waals surface area contributed by atoms with Crippen molar-refractivity contribution in [1.29, 1.82) is 0 Å². The van der Waals surface area contributed by atoms with Gasteiger partial charge in [0.1, 0.15) is 0 Å². The van der Waals surface area contributed by atoms with E-state index in [-0.39, 0.29) is 11.8 Å². The molecule has 0 aromatic heterocycles. The molecule has 0 bridgehead atoms. The third kappa shape index (κ3) is 4.64. The average molecular weight is 255 g/mol. The minimum Gasteiger partial charge on any atom is -0.370 e. The Bertz CT molecular complexity index is 297. The number of nitrogens with two attached hydrogens (primary N) is 1. The lowest BCUT2D eigenvalue weighted by molar-refractivity contribution is -0.134. The maximum atomic E-state index is 12.0. The van der Waals surface area contributed by atoms with E-state index in [1.54, 1.807) is 0 Å². The molecule has 1 rings (SSSR count). The minimum atomic E-state index is -0.237. The Kier molecular flexibility index (Phi) is 5.59. The number of likely N-dealkylation sites (N-methyl/N-ethyl adjacent to an activating group) is 1. The van der Waals surface area contributed by atoms with Gasteiger partial charge in [-0.05, 0) is 39.7 Å². The van der Waals surface area contributed by atoms with E-state index in [1.807, 2.05) is 16.8 Å². The monoisotopic (exact) mass is 255 g/mol. The summed E-state index contributed by atoms with van der Waals surface area (Å²) in [5.41, 5.74) is 5.19. The molecule has 0 aliphatic carbocycles. The van der Waals surface area contributed by atoms with E-state index in [9.17, 15) is 9.59 Å². The van der Waals surface area contributed by atoms with Crippen LogP contribution in [0.1, 0.15) is 33.1 Å². The van der Waals surface area contributed by atoms with Crippen LogP contribution in [-0.2, 0) is 9.59 Å². The maximum Gasteiger partial charge on any atom is 0.236 e. The summed E-state index contributed by atoms with van der Waals surface area (Å²) in [4.78, 5) is 26.8. The summed E-state index contributed by atoms with van der Waals surface area (Å²) < 4.78 is 0. The van der Waals surface area contributed by atoms with Crippen LogP contribution in [0.4, 0.5) is 0 Å². The largest absolute Gasteiger partial charge is 0.370 e. The van der Waals surface area contributed by atoms with Gasteiger partial charge in [0.2, 0.25) is 11.8 Å². The van der Waals surface area contributed by atoms with Gasteiger partial charge in [-0.3, -0.25) is 14.5 Å². The van der Waals surface area contributed by atoms with Crippen molar-refractivity contribution in [2.75, 3.05) is 26.7 Å². The summed E-state index contributed by atoms with van der Waals surface area (Å²) in [6, 6.07) is 0.376. The van der Waals surface area contributed by atoms with E-state index in [4.69, 9.17) is 5.73 Å². The number of hydrogen-bond donors (Lipinski definition) is 1. The first-order chi connectivity index (χ1) is 8.40. The lowest BCUT2D eigenvalue weighted by Gasteiger charge is -2.33. The first-order valence-electron chi connectivity index (χ1n) is 6.66. The number of amides is 2. The van der Waals surface area contributed by atoms with Crippen molar-refractivity contribution < 1.29 is 9.59 Å². The van der Waals surface area contributed by atoms with Gasteiger partial charge in [0.15, 0.2) is 0 Å². The Labute approximate surface area is 109 Å². The molecule has 0 unspecified atom stereocenters. The van der Waals surface area contributed by atoms with Gasteiger partial charge in [-0.15, -0.1) is 0 Å². The highest BCUT2D eigenvalue weighted by Gasteiger charge is 2.24. The molecule has 0 radical (unpaired) electrons. The minimum absolute atomic E-state index is 0.184. The molecule has 0 atom stereocenters. The fraction of sp³-hybridized carbons (Fsp3) is 0.846. The highest BCUT2D eigenvalue weighted by Crippen LogP contribution is 2.20. The van der Waals surface area contributed by atoms with E-state index in [2.05, 4.69) is 13.8 Å². The highest BCUT2D eigenvalue weighted by molar-refractivity contribution is 5.78. The molecule has 1 saturated heterocycles. The predicted octanol–water partition coefficient (Wildman–Crippen LogP) is 0.441. The number of carbonyl (C=O) groups excluding carboxylic acids is 2. The van der Waals surface area contributed by atoms with E-state index in [1.165, 1.54) is 0 Å². The van der Waals surface area contributed by atoms with Gasteiger partial charge in [-0.25, -0.2) is 0 Å².